The number of aromatic nitrogens is 3. The van der Waals surface area contributed by atoms with Crippen LogP contribution < -0.4 is 0 Å². The van der Waals surface area contributed by atoms with Crippen molar-refractivity contribution in [3.8, 4) is 78.7 Å². The molecular weight excluding hydrogens is 767 g/mol. The number of benzene rings is 10. The quantitative estimate of drug-likeness (QED) is 0.161. The van der Waals surface area contributed by atoms with Gasteiger partial charge in [0.15, 0.2) is 17.5 Å². The Labute approximate surface area is 364 Å². The maximum absolute atomic E-state index is 6.75. The van der Waals surface area contributed by atoms with Gasteiger partial charge in [0, 0.05) is 32.8 Å². The zero-order chi connectivity index (χ0) is 41.7. The fourth-order valence-electron chi connectivity index (χ4n) is 9.02. The molecule has 0 atom stereocenters. The Morgan fingerprint density at radius 1 is 0.270 bits per heavy atom. The van der Waals surface area contributed by atoms with Crippen molar-refractivity contribution in [1.29, 1.82) is 0 Å². The number of furan rings is 1. The molecule has 0 amide bonds. The Morgan fingerprint density at radius 3 is 1.29 bits per heavy atom. The van der Waals surface area contributed by atoms with E-state index in [1.54, 1.807) is 0 Å². The third-order valence-corrected chi connectivity index (χ3v) is 12.2. The number of hydrogen-bond acceptors (Lipinski definition) is 4. The first-order valence-electron chi connectivity index (χ1n) is 21.3. The molecule has 0 aliphatic rings. The molecule has 63 heavy (non-hydrogen) atoms. The van der Waals surface area contributed by atoms with Crippen molar-refractivity contribution in [2.45, 2.75) is 0 Å². The van der Waals surface area contributed by atoms with E-state index in [4.69, 9.17) is 19.4 Å². The highest BCUT2D eigenvalue weighted by atomic mass is 16.3. The number of hydrogen-bond donors (Lipinski definition) is 0. The van der Waals surface area contributed by atoms with E-state index in [0.717, 1.165) is 77.4 Å². The monoisotopic (exact) mass is 803 g/mol. The second kappa shape index (κ2) is 15.2. The van der Waals surface area contributed by atoms with E-state index in [1.807, 2.05) is 12.1 Å². The zero-order valence-corrected chi connectivity index (χ0v) is 34.1. The summed E-state index contributed by atoms with van der Waals surface area (Å²) in [4.78, 5) is 15.3. The van der Waals surface area contributed by atoms with Crippen LogP contribution >= 0.6 is 0 Å². The minimum absolute atomic E-state index is 0.610. The molecule has 0 aliphatic heterocycles. The number of fused-ring (bicyclic) bond motifs is 6. The zero-order valence-electron chi connectivity index (χ0n) is 34.1. The molecule has 2 aromatic heterocycles. The van der Waals surface area contributed by atoms with Gasteiger partial charge >= 0.3 is 0 Å². The van der Waals surface area contributed by atoms with Crippen LogP contribution in [0.15, 0.2) is 229 Å². The maximum atomic E-state index is 6.75. The van der Waals surface area contributed by atoms with Gasteiger partial charge in [-0.2, -0.15) is 0 Å². The number of nitrogens with zero attached hydrogens (tertiary/aromatic N) is 3. The summed E-state index contributed by atoms with van der Waals surface area (Å²) in [6.07, 6.45) is 0. The topological polar surface area (TPSA) is 51.8 Å². The van der Waals surface area contributed by atoms with Gasteiger partial charge in [-0.05, 0) is 72.8 Å². The summed E-state index contributed by atoms with van der Waals surface area (Å²) < 4.78 is 6.75. The summed E-state index contributed by atoms with van der Waals surface area (Å²) >= 11 is 0. The highest BCUT2D eigenvalue weighted by Gasteiger charge is 2.19. The molecule has 0 unspecified atom stereocenters. The largest absolute Gasteiger partial charge is 0.455 e. The lowest BCUT2D eigenvalue weighted by molar-refractivity contribution is 0.673. The van der Waals surface area contributed by atoms with E-state index in [2.05, 4.69) is 212 Å². The highest BCUT2D eigenvalue weighted by molar-refractivity contribution is 6.23. The van der Waals surface area contributed by atoms with Gasteiger partial charge in [0.05, 0.1) is 0 Å². The average Bonchev–Trinajstić information content (AvgIpc) is 3.76. The van der Waals surface area contributed by atoms with Crippen molar-refractivity contribution in [3.05, 3.63) is 224 Å². The molecule has 4 heteroatoms. The molecule has 12 rings (SSSR count). The molecular formula is C59H37N3O. The highest BCUT2D eigenvalue weighted by Crippen LogP contribution is 2.44. The van der Waals surface area contributed by atoms with Crippen molar-refractivity contribution in [1.82, 2.24) is 15.0 Å². The first kappa shape index (κ1) is 36.4. The van der Waals surface area contributed by atoms with Gasteiger partial charge < -0.3 is 4.42 Å². The van der Waals surface area contributed by atoms with Gasteiger partial charge in [-0.3, -0.25) is 0 Å². The average molecular weight is 804 g/mol. The van der Waals surface area contributed by atoms with Crippen LogP contribution in [0, 0.1) is 0 Å². The van der Waals surface area contributed by atoms with Crippen LogP contribution in [0.5, 0.6) is 0 Å². The molecule has 12 aromatic rings. The molecule has 4 nitrogen and oxygen atoms in total. The van der Waals surface area contributed by atoms with Crippen molar-refractivity contribution < 1.29 is 4.42 Å². The lowest BCUT2D eigenvalue weighted by Gasteiger charge is -2.12. The van der Waals surface area contributed by atoms with E-state index >= 15 is 0 Å². The summed E-state index contributed by atoms with van der Waals surface area (Å²) in [7, 11) is 0. The molecule has 2 heterocycles. The molecule has 0 saturated carbocycles. The SMILES string of the molecule is c1ccc(-c2ccc(-c3nc(-c4ccc(-c5ccccc5)cc4)nc(-c4ccc(-c5cccc6oc7c8ccccc8c(-c8cccc9ccccc89)cc7c56)cc4)n3)cc2)cc1. The smallest absolute Gasteiger partial charge is 0.164 e. The Kier molecular flexibility index (Phi) is 8.79. The second-order valence-electron chi connectivity index (χ2n) is 15.9. The lowest BCUT2D eigenvalue weighted by atomic mass is 9.91. The third kappa shape index (κ3) is 6.53. The molecule has 0 aliphatic carbocycles. The predicted octanol–water partition coefficient (Wildman–Crippen LogP) is 15.7. The summed E-state index contributed by atoms with van der Waals surface area (Å²) in [6, 6.07) is 78.7. The van der Waals surface area contributed by atoms with Crippen molar-refractivity contribution in [2.24, 2.45) is 0 Å². The number of rotatable bonds is 7. The standard InChI is InChI=1S/C59H37N3O/c1-3-13-38(14-4-1)40-25-31-44(32-26-40)57-60-58(45-33-27-41(28-34-45)39-15-5-2-6-16-39)62-59(61-57)46-35-29-43(30-36-46)48-22-12-24-54-55(48)53-37-52(50-20-9-10-21-51(50)56(53)63-54)49-23-11-18-42-17-7-8-19-47(42)49/h1-37H. The fourth-order valence-corrected chi connectivity index (χ4v) is 9.02. The van der Waals surface area contributed by atoms with E-state index < -0.39 is 0 Å². The van der Waals surface area contributed by atoms with Gasteiger partial charge in [0.2, 0.25) is 0 Å². The van der Waals surface area contributed by atoms with Crippen molar-refractivity contribution in [2.75, 3.05) is 0 Å². The first-order chi connectivity index (χ1) is 31.2. The molecule has 294 valence electrons. The first-order valence-corrected chi connectivity index (χ1v) is 21.3. The van der Waals surface area contributed by atoms with E-state index in [9.17, 15) is 0 Å². The Morgan fingerprint density at radius 2 is 0.698 bits per heavy atom. The fraction of sp³-hybridized carbons (Fsp3) is 0. The van der Waals surface area contributed by atoms with Gasteiger partial charge in [-0.25, -0.2) is 15.0 Å². The molecule has 0 saturated heterocycles. The Bertz CT molecular complexity index is 3530. The lowest BCUT2D eigenvalue weighted by Crippen LogP contribution is -2.00. The molecule has 0 spiro atoms. The molecule has 0 N–H and O–H groups in total. The van der Waals surface area contributed by atoms with Crippen LogP contribution in [-0.4, -0.2) is 15.0 Å². The summed E-state index contributed by atoms with van der Waals surface area (Å²) in [5.41, 5.74) is 13.7. The van der Waals surface area contributed by atoms with Crippen LogP contribution in [0.3, 0.4) is 0 Å². The van der Waals surface area contributed by atoms with E-state index in [0.29, 0.717) is 17.5 Å². The molecule has 0 bridgehead atoms. The van der Waals surface area contributed by atoms with Gasteiger partial charge in [0.25, 0.3) is 0 Å². The van der Waals surface area contributed by atoms with Crippen molar-refractivity contribution >= 4 is 43.5 Å². The second-order valence-corrected chi connectivity index (χ2v) is 15.9. The summed E-state index contributed by atoms with van der Waals surface area (Å²) in [6.45, 7) is 0. The van der Waals surface area contributed by atoms with Gasteiger partial charge in [-0.15, -0.1) is 0 Å². The molecule has 0 fully saturated rings. The van der Waals surface area contributed by atoms with Crippen LogP contribution in [0.4, 0.5) is 0 Å². The van der Waals surface area contributed by atoms with Crippen LogP contribution in [0.25, 0.3) is 122 Å². The van der Waals surface area contributed by atoms with E-state index in [1.165, 1.54) is 27.3 Å². The van der Waals surface area contributed by atoms with E-state index in [-0.39, 0.29) is 0 Å². The minimum atomic E-state index is 0.610. The summed E-state index contributed by atoms with van der Waals surface area (Å²) in [5, 5.41) is 6.90. The van der Waals surface area contributed by atoms with Gasteiger partial charge in [-0.1, -0.05) is 212 Å². The Hall–Kier alpha value is -8.47. The maximum Gasteiger partial charge on any atom is 0.164 e. The van der Waals surface area contributed by atoms with Gasteiger partial charge in [0.1, 0.15) is 11.2 Å². The third-order valence-electron chi connectivity index (χ3n) is 12.2. The Balaban J connectivity index is 0.969. The van der Waals surface area contributed by atoms with Crippen LogP contribution in [0.2, 0.25) is 0 Å². The molecule has 0 radical (unpaired) electrons. The predicted molar refractivity (Wildman–Crippen MR) is 260 cm³/mol. The van der Waals surface area contributed by atoms with Crippen LogP contribution in [-0.2, 0) is 0 Å². The molecule has 10 aromatic carbocycles. The summed E-state index contributed by atoms with van der Waals surface area (Å²) in [5.74, 6) is 1.85. The van der Waals surface area contributed by atoms with Crippen molar-refractivity contribution in [3.63, 3.8) is 0 Å². The normalized spacial score (nSPS) is 11.5. The van der Waals surface area contributed by atoms with Crippen LogP contribution in [0.1, 0.15) is 0 Å². The minimum Gasteiger partial charge on any atom is -0.455 e.